The molecule has 0 atom stereocenters. The van der Waals surface area contributed by atoms with Crippen molar-refractivity contribution in [1.29, 1.82) is 5.41 Å². The minimum Gasteiger partial charge on any atom is -0.384 e. The number of hydrogen-bond acceptors (Lipinski definition) is 4. The fourth-order valence-corrected chi connectivity index (χ4v) is 1.67. The number of nitrogen functional groups attached to an aromatic ring is 1. The molecule has 3 N–H and O–H groups in total. The number of anilines is 2. The molecule has 1 aromatic heterocycles. The standard InChI is InChI=1S/C13H12F3N5/c1-21(9-4-2-3-8(7-9)11(17)18)12-19-6-5-10(20-12)13(14,15)16/h2-7H,1H3,(H3,17,18). The topological polar surface area (TPSA) is 78.9 Å². The van der Waals surface area contributed by atoms with Crippen LogP contribution in [0.3, 0.4) is 0 Å². The van der Waals surface area contributed by atoms with Gasteiger partial charge in [-0.2, -0.15) is 13.2 Å². The van der Waals surface area contributed by atoms with Gasteiger partial charge in [0.15, 0.2) is 0 Å². The fraction of sp³-hybridized carbons (Fsp3) is 0.154. The maximum Gasteiger partial charge on any atom is 0.433 e. The molecule has 0 saturated carbocycles. The zero-order valence-electron chi connectivity index (χ0n) is 11.0. The van der Waals surface area contributed by atoms with Crippen molar-refractivity contribution in [2.45, 2.75) is 6.18 Å². The number of nitrogens with two attached hydrogens (primary N) is 1. The van der Waals surface area contributed by atoms with Crippen molar-refractivity contribution in [2.24, 2.45) is 5.73 Å². The summed E-state index contributed by atoms with van der Waals surface area (Å²) in [5.41, 5.74) is 5.37. The first-order valence-electron chi connectivity index (χ1n) is 5.87. The van der Waals surface area contributed by atoms with Gasteiger partial charge in [0.25, 0.3) is 0 Å². The van der Waals surface area contributed by atoms with Gasteiger partial charge in [0.2, 0.25) is 5.95 Å². The molecular weight excluding hydrogens is 283 g/mol. The van der Waals surface area contributed by atoms with Crippen molar-refractivity contribution in [1.82, 2.24) is 9.97 Å². The third-order valence-corrected chi connectivity index (χ3v) is 2.78. The maximum absolute atomic E-state index is 12.7. The average molecular weight is 295 g/mol. The normalized spacial score (nSPS) is 11.2. The summed E-state index contributed by atoms with van der Waals surface area (Å²) in [4.78, 5) is 8.72. The first-order chi connectivity index (χ1) is 9.79. The number of amidine groups is 1. The van der Waals surface area contributed by atoms with Crippen LogP contribution in [0.15, 0.2) is 36.5 Å². The molecular formula is C13H12F3N5. The van der Waals surface area contributed by atoms with Crippen LogP contribution in [-0.4, -0.2) is 22.9 Å². The average Bonchev–Trinajstić information content (AvgIpc) is 2.46. The number of rotatable bonds is 3. The van der Waals surface area contributed by atoms with Crippen LogP contribution in [0.4, 0.5) is 24.8 Å². The van der Waals surface area contributed by atoms with Gasteiger partial charge in [-0.25, -0.2) is 9.97 Å². The third-order valence-electron chi connectivity index (χ3n) is 2.78. The molecule has 110 valence electrons. The van der Waals surface area contributed by atoms with E-state index in [1.165, 1.54) is 11.9 Å². The van der Waals surface area contributed by atoms with Gasteiger partial charge in [0.05, 0.1) is 0 Å². The number of hydrogen-bond donors (Lipinski definition) is 2. The summed E-state index contributed by atoms with van der Waals surface area (Å²) in [6, 6.07) is 7.33. The van der Waals surface area contributed by atoms with Crippen LogP contribution < -0.4 is 10.6 Å². The number of nitrogens with one attached hydrogen (secondary N) is 1. The summed E-state index contributed by atoms with van der Waals surface area (Å²) >= 11 is 0. The van der Waals surface area contributed by atoms with Crippen LogP contribution >= 0.6 is 0 Å². The van der Waals surface area contributed by atoms with Crippen LogP contribution in [0.2, 0.25) is 0 Å². The Morgan fingerprint density at radius 1 is 1.29 bits per heavy atom. The molecule has 0 bridgehead atoms. The predicted molar refractivity (Wildman–Crippen MR) is 72.6 cm³/mol. The molecule has 0 aliphatic carbocycles. The molecule has 0 amide bonds. The summed E-state index contributed by atoms with van der Waals surface area (Å²) in [6.07, 6.45) is -3.48. The van der Waals surface area contributed by atoms with E-state index in [1.807, 2.05) is 0 Å². The Kier molecular flexibility index (Phi) is 3.79. The van der Waals surface area contributed by atoms with E-state index in [4.69, 9.17) is 11.1 Å². The van der Waals surface area contributed by atoms with Crippen molar-refractivity contribution in [3.8, 4) is 0 Å². The van der Waals surface area contributed by atoms with Crippen molar-refractivity contribution in [3.05, 3.63) is 47.8 Å². The Balaban J connectivity index is 2.38. The van der Waals surface area contributed by atoms with Crippen molar-refractivity contribution in [3.63, 3.8) is 0 Å². The van der Waals surface area contributed by atoms with Crippen LogP contribution in [0.1, 0.15) is 11.3 Å². The molecule has 0 aliphatic rings. The van der Waals surface area contributed by atoms with E-state index < -0.39 is 11.9 Å². The largest absolute Gasteiger partial charge is 0.433 e. The van der Waals surface area contributed by atoms with Gasteiger partial charge in [-0.05, 0) is 18.2 Å². The molecule has 0 fully saturated rings. The van der Waals surface area contributed by atoms with Crippen LogP contribution in [0.5, 0.6) is 0 Å². The van der Waals surface area contributed by atoms with Gasteiger partial charge in [-0.15, -0.1) is 0 Å². The highest BCUT2D eigenvalue weighted by Crippen LogP contribution is 2.29. The molecule has 21 heavy (non-hydrogen) atoms. The molecule has 0 aliphatic heterocycles. The molecule has 8 heteroatoms. The van der Waals surface area contributed by atoms with Gasteiger partial charge >= 0.3 is 6.18 Å². The minimum atomic E-state index is -4.53. The second-order valence-corrected chi connectivity index (χ2v) is 4.26. The molecule has 1 aromatic carbocycles. The lowest BCUT2D eigenvalue weighted by atomic mass is 10.2. The molecule has 2 rings (SSSR count). The van der Waals surface area contributed by atoms with Gasteiger partial charge in [0.1, 0.15) is 11.5 Å². The summed E-state index contributed by atoms with van der Waals surface area (Å²) in [6.45, 7) is 0. The van der Waals surface area contributed by atoms with E-state index in [0.29, 0.717) is 11.3 Å². The number of aromatic nitrogens is 2. The summed E-state index contributed by atoms with van der Waals surface area (Å²) in [7, 11) is 1.54. The molecule has 0 radical (unpaired) electrons. The third kappa shape index (κ3) is 3.28. The highest BCUT2D eigenvalue weighted by Gasteiger charge is 2.33. The molecule has 0 unspecified atom stereocenters. The van der Waals surface area contributed by atoms with E-state index in [0.717, 1.165) is 12.3 Å². The Labute approximate surface area is 118 Å². The van der Waals surface area contributed by atoms with E-state index in [-0.39, 0.29) is 11.8 Å². The first-order valence-corrected chi connectivity index (χ1v) is 5.87. The zero-order chi connectivity index (χ0) is 15.6. The van der Waals surface area contributed by atoms with E-state index in [9.17, 15) is 13.2 Å². The lowest BCUT2D eigenvalue weighted by Gasteiger charge is -2.18. The van der Waals surface area contributed by atoms with Crippen LogP contribution in [-0.2, 0) is 6.18 Å². The number of halogens is 3. The summed E-state index contributed by atoms with van der Waals surface area (Å²) in [5, 5.41) is 7.37. The highest BCUT2D eigenvalue weighted by atomic mass is 19.4. The Hall–Kier alpha value is -2.64. The lowest BCUT2D eigenvalue weighted by Crippen LogP contribution is -2.17. The Bertz CT molecular complexity index is 669. The summed E-state index contributed by atoms with van der Waals surface area (Å²) < 4.78 is 38.0. The second kappa shape index (κ2) is 5.39. The van der Waals surface area contributed by atoms with Gasteiger partial charge < -0.3 is 10.6 Å². The van der Waals surface area contributed by atoms with E-state index >= 15 is 0 Å². The number of benzene rings is 1. The lowest BCUT2D eigenvalue weighted by molar-refractivity contribution is -0.141. The number of nitrogens with zero attached hydrogens (tertiary/aromatic N) is 3. The van der Waals surface area contributed by atoms with Crippen LogP contribution in [0, 0.1) is 5.41 Å². The minimum absolute atomic E-state index is 0.0921. The zero-order valence-corrected chi connectivity index (χ0v) is 11.0. The van der Waals surface area contributed by atoms with Crippen molar-refractivity contribution in [2.75, 3.05) is 11.9 Å². The van der Waals surface area contributed by atoms with Crippen LogP contribution in [0.25, 0.3) is 0 Å². The SMILES string of the molecule is CN(c1cccc(C(=N)N)c1)c1nccc(C(F)(F)F)n1. The van der Waals surface area contributed by atoms with Gasteiger partial charge in [-0.1, -0.05) is 12.1 Å². The van der Waals surface area contributed by atoms with E-state index in [1.54, 1.807) is 24.3 Å². The highest BCUT2D eigenvalue weighted by molar-refractivity contribution is 5.95. The molecule has 5 nitrogen and oxygen atoms in total. The Morgan fingerprint density at radius 3 is 2.62 bits per heavy atom. The van der Waals surface area contributed by atoms with Gasteiger partial charge in [0, 0.05) is 24.5 Å². The maximum atomic E-state index is 12.7. The molecule has 2 aromatic rings. The monoisotopic (exact) mass is 295 g/mol. The smallest absolute Gasteiger partial charge is 0.384 e. The van der Waals surface area contributed by atoms with Crippen molar-refractivity contribution < 1.29 is 13.2 Å². The quantitative estimate of drug-likeness (QED) is 0.673. The molecule has 0 spiro atoms. The predicted octanol–water partition coefficient (Wildman–Crippen LogP) is 2.55. The summed E-state index contributed by atoms with van der Waals surface area (Å²) in [5.74, 6) is -0.222. The number of alkyl halides is 3. The first kappa shape index (κ1) is 14.8. The molecule has 1 heterocycles. The molecule has 0 saturated heterocycles. The van der Waals surface area contributed by atoms with E-state index in [2.05, 4.69) is 9.97 Å². The Morgan fingerprint density at radius 2 is 2.00 bits per heavy atom. The van der Waals surface area contributed by atoms with Crippen molar-refractivity contribution >= 4 is 17.5 Å². The second-order valence-electron chi connectivity index (χ2n) is 4.26. The van der Waals surface area contributed by atoms with Gasteiger partial charge in [-0.3, -0.25) is 5.41 Å². The fourth-order valence-electron chi connectivity index (χ4n) is 1.67.